The summed E-state index contributed by atoms with van der Waals surface area (Å²) in [5.74, 6) is -0.549. The van der Waals surface area contributed by atoms with E-state index in [9.17, 15) is 9.50 Å². The van der Waals surface area contributed by atoms with Crippen molar-refractivity contribution >= 4 is 0 Å². The third-order valence-electron chi connectivity index (χ3n) is 3.90. The molecule has 0 radical (unpaired) electrons. The first-order valence-corrected chi connectivity index (χ1v) is 6.37. The van der Waals surface area contributed by atoms with Gasteiger partial charge in [-0.3, -0.25) is 0 Å². The van der Waals surface area contributed by atoms with Gasteiger partial charge in [-0.2, -0.15) is 5.26 Å². The van der Waals surface area contributed by atoms with Crippen molar-refractivity contribution in [2.45, 2.75) is 30.5 Å². The highest BCUT2D eigenvalue weighted by Gasteiger charge is 2.42. The zero-order chi connectivity index (χ0) is 13.5. The fourth-order valence-electron chi connectivity index (χ4n) is 3.05. The van der Waals surface area contributed by atoms with Gasteiger partial charge in [-0.15, -0.1) is 0 Å². The lowest BCUT2D eigenvalue weighted by molar-refractivity contribution is -0.0802. The number of hydrogen-bond donors (Lipinski definition) is 2. The number of ether oxygens (including phenoxy) is 1. The van der Waals surface area contributed by atoms with Crippen LogP contribution in [0.1, 0.15) is 24.0 Å². The molecule has 100 valence electrons. The van der Waals surface area contributed by atoms with E-state index in [2.05, 4.69) is 5.32 Å². The van der Waals surface area contributed by atoms with Crippen LogP contribution in [0.15, 0.2) is 18.2 Å². The Morgan fingerprint density at radius 2 is 2.05 bits per heavy atom. The number of benzene rings is 1. The predicted octanol–water partition coefficient (Wildman–Crippen LogP) is 1.04. The number of fused-ring (bicyclic) bond motifs is 2. The summed E-state index contributed by atoms with van der Waals surface area (Å²) in [5.41, 5.74) is -0.418. The summed E-state index contributed by atoms with van der Waals surface area (Å²) in [5, 5.41) is 23.1. The lowest BCUT2D eigenvalue weighted by atomic mass is 9.78. The quantitative estimate of drug-likeness (QED) is 0.793. The van der Waals surface area contributed by atoms with Crippen molar-refractivity contribution in [1.29, 1.82) is 5.26 Å². The molecule has 3 rings (SSSR count). The smallest absolute Gasteiger partial charge is 0.140 e. The highest BCUT2D eigenvalue weighted by Crippen LogP contribution is 2.37. The number of hydrogen-bond acceptors (Lipinski definition) is 4. The van der Waals surface area contributed by atoms with Gasteiger partial charge in [-0.05, 0) is 30.5 Å². The van der Waals surface area contributed by atoms with E-state index in [1.54, 1.807) is 6.07 Å². The molecule has 19 heavy (non-hydrogen) atoms. The van der Waals surface area contributed by atoms with Crippen molar-refractivity contribution in [2.75, 3.05) is 13.2 Å². The predicted molar refractivity (Wildman–Crippen MR) is 65.8 cm³/mol. The SMILES string of the molecule is N#Cc1cc(C2(O)CC3COCC(C2)N3)ccc1F. The first-order chi connectivity index (χ1) is 9.10. The van der Waals surface area contributed by atoms with E-state index in [4.69, 9.17) is 10.00 Å². The Morgan fingerprint density at radius 3 is 2.68 bits per heavy atom. The zero-order valence-corrected chi connectivity index (χ0v) is 10.4. The van der Waals surface area contributed by atoms with Gasteiger partial charge in [0.05, 0.1) is 24.4 Å². The van der Waals surface area contributed by atoms with Crippen molar-refractivity contribution in [2.24, 2.45) is 0 Å². The summed E-state index contributed by atoms with van der Waals surface area (Å²) in [6, 6.07) is 6.30. The number of piperidine rings is 1. The average Bonchev–Trinajstić information content (AvgIpc) is 2.38. The van der Waals surface area contributed by atoms with Crippen LogP contribution in [0.5, 0.6) is 0 Å². The number of aliphatic hydroxyl groups is 1. The molecule has 0 aliphatic carbocycles. The van der Waals surface area contributed by atoms with Crippen LogP contribution in [0.4, 0.5) is 4.39 Å². The molecule has 2 bridgehead atoms. The number of nitrogens with zero attached hydrogens (tertiary/aromatic N) is 1. The normalized spacial score (nSPS) is 33.7. The summed E-state index contributed by atoms with van der Waals surface area (Å²) in [6.07, 6.45) is 1.03. The van der Waals surface area contributed by atoms with Crippen LogP contribution < -0.4 is 5.32 Å². The number of nitriles is 1. The molecule has 0 aromatic heterocycles. The Labute approximate surface area is 110 Å². The molecule has 1 aromatic rings. The van der Waals surface area contributed by atoms with Gasteiger partial charge in [0.15, 0.2) is 0 Å². The summed E-state index contributed by atoms with van der Waals surface area (Å²) >= 11 is 0. The number of nitrogens with one attached hydrogen (secondary N) is 1. The van der Waals surface area contributed by atoms with Crippen LogP contribution in [0, 0.1) is 17.1 Å². The molecule has 4 nitrogen and oxygen atoms in total. The molecule has 2 N–H and O–H groups in total. The Balaban J connectivity index is 1.94. The molecule has 0 amide bonds. The second-order valence-corrected chi connectivity index (χ2v) is 5.34. The van der Waals surface area contributed by atoms with E-state index in [0.29, 0.717) is 31.6 Å². The maximum atomic E-state index is 13.4. The van der Waals surface area contributed by atoms with Gasteiger partial charge >= 0.3 is 0 Å². The van der Waals surface area contributed by atoms with Crippen LogP contribution in [0.3, 0.4) is 0 Å². The van der Waals surface area contributed by atoms with Crippen molar-refractivity contribution in [3.05, 3.63) is 35.1 Å². The molecule has 2 aliphatic heterocycles. The Hall–Kier alpha value is -1.48. The lowest BCUT2D eigenvalue weighted by Gasteiger charge is -2.45. The first kappa shape index (κ1) is 12.5. The summed E-state index contributed by atoms with van der Waals surface area (Å²) < 4.78 is 18.8. The van der Waals surface area contributed by atoms with Gasteiger partial charge in [-0.25, -0.2) is 4.39 Å². The molecular formula is C14H15FN2O2. The van der Waals surface area contributed by atoms with Crippen molar-refractivity contribution < 1.29 is 14.2 Å². The third kappa shape index (κ3) is 2.23. The van der Waals surface area contributed by atoms with E-state index < -0.39 is 11.4 Å². The van der Waals surface area contributed by atoms with E-state index in [-0.39, 0.29) is 17.6 Å². The molecule has 5 heteroatoms. The second-order valence-electron chi connectivity index (χ2n) is 5.34. The topological polar surface area (TPSA) is 65.3 Å². The molecular weight excluding hydrogens is 247 g/mol. The van der Waals surface area contributed by atoms with Crippen LogP contribution in [-0.2, 0) is 10.3 Å². The maximum Gasteiger partial charge on any atom is 0.140 e. The number of morpholine rings is 1. The minimum absolute atomic E-state index is 0.0223. The number of rotatable bonds is 1. The first-order valence-electron chi connectivity index (χ1n) is 6.37. The van der Waals surface area contributed by atoms with E-state index in [1.165, 1.54) is 12.1 Å². The fraction of sp³-hybridized carbons (Fsp3) is 0.500. The van der Waals surface area contributed by atoms with E-state index >= 15 is 0 Å². The van der Waals surface area contributed by atoms with Crippen LogP contribution >= 0.6 is 0 Å². The monoisotopic (exact) mass is 262 g/mol. The minimum Gasteiger partial charge on any atom is -0.385 e. The highest BCUT2D eigenvalue weighted by atomic mass is 19.1. The molecule has 2 saturated heterocycles. The molecule has 2 heterocycles. The molecule has 2 aliphatic rings. The molecule has 2 fully saturated rings. The van der Waals surface area contributed by atoms with Gasteiger partial charge in [0.2, 0.25) is 0 Å². The zero-order valence-electron chi connectivity index (χ0n) is 10.4. The van der Waals surface area contributed by atoms with Crippen LogP contribution in [0.25, 0.3) is 0 Å². The van der Waals surface area contributed by atoms with Crippen LogP contribution in [0.2, 0.25) is 0 Å². The summed E-state index contributed by atoms with van der Waals surface area (Å²) in [4.78, 5) is 0. The standard InChI is InChI=1S/C14H15FN2O2/c15-13-2-1-10(3-9(13)6-16)14(18)4-11-7-19-8-12(5-14)17-11/h1-3,11-12,17-18H,4-5,7-8H2. The van der Waals surface area contributed by atoms with Crippen molar-refractivity contribution in [1.82, 2.24) is 5.32 Å². The van der Waals surface area contributed by atoms with E-state index in [0.717, 1.165) is 0 Å². The van der Waals surface area contributed by atoms with Gasteiger partial charge < -0.3 is 15.2 Å². The summed E-state index contributed by atoms with van der Waals surface area (Å²) in [7, 11) is 0. The molecule has 0 spiro atoms. The highest BCUT2D eigenvalue weighted by molar-refractivity contribution is 5.37. The van der Waals surface area contributed by atoms with Gasteiger partial charge in [0.25, 0.3) is 0 Å². The molecule has 2 unspecified atom stereocenters. The van der Waals surface area contributed by atoms with Gasteiger partial charge in [0.1, 0.15) is 11.9 Å². The molecule has 0 saturated carbocycles. The molecule has 1 aromatic carbocycles. The largest absolute Gasteiger partial charge is 0.385 e. The minimum atomic E-state index is -1.01. The molecule has 2 atom stereocenters. The number of halogens is 1. The van der Waals surface area contributed by atoms with Crippen molar-refractivity contribution in [3.8, 4) is 6.07 Å². The second kappa shape index (κ2) is 4.57. The Kier molecular flexibility index (Phi) is 3.02. The lowest BCUT2D eigenvalue weighted by Crippen LogP contribution is -2.58. The maximum absolute atomic E-state index is 13.4. The fourth-order valence-corrected chi connectivity index (χ4v) is 3.05. The summed E-state index contributed by atoms with van der Waals surface area (Å²) in [6.45, 7) is 1.15. The van der Waals surface area contributed by atoms with Crippen LogP contribution in [-0.4, -0.2) is 30.4 Å². The third-order valence-corrected chi connectivity index (χ3v) is 3.90. The Morgan fingerprint density at radius 1 is 1.37 bits per heavy atom. The van der Waals surface area contributed by atoms with E-state index in [1.807, 2.05) is 6.07 Å². The average molecular weight is 262 g/mol. The van der Waals surface area contributed by atoms with Crippen molar-refractivity contribution in [3.63, 3.8) is 0 Å². The Bertz CT molecular complexity index is 529. The van der Waals surface area contributed by atoms with Gasteiger partial charge in [-0.1, -0.05) is 6.07 Å². The van der Waals surface area contributed by atoms with Gasteiger partial charge in [0, 0.05) is 12.1 Å².